The van der Waals surface area contributed by atoms with E-state index in [9.17, 15) is 14.4 Å². The Morgan fingerprint density at radius 1 is 1.13 bits per heavy atom. The highest BCUT2D eigenvalue weighted by atomic mass is 32.2. The average Bonchev–Trinajstić information content (AvgIpc) is 2.84. The number of rotatable bonds is 5. The van der Waals surface area contributed by atoms with Crippen LogP contribution in [0.4, 0.5) is 5.82 Å². The number of carbonyl (C=O) groups excluding carboxylic acids is 3. The molecule has 0 spiro atoms. The summed E-state index contributed by atoms with van der Waals surface area (Å²) in [5, 5.41) is 7.01. The molecule has 0 aliphatic rings. The average molecular weight is 331 g/mol. The van der Waals surface area contributed by atoms with Crippen molar-refractivity contribution in [2.45, 2.75) is 25.7 Å². The molecule has 0 radical (unpaired) electrons. The Labute approximate surface area is 138 Å². The molecule has 0 aliphatic carbocycles. The maximum absolute atomic E-state index is 11.9. The number of nitrogens with zero attached hydrogens (tertiary/aromatic N) is 2. The van der Waals surface area contributed by atoms with Gasteiger partial charge in [-0.25, -0.2) is 0 Å². The SMILES string of the molecule is CC(=O)CNc1nn(C(C)=O)c(-c2ccccc2)c1SC(C)=O. The molecular formula is C16H17N3O3S. The highest BCUT2D eigenvalue weighted by Gasteiger charge is 2.23. The predicted molar refractivity (Wildman–Crippen MR) is 89.7 cm³/mol. The van der Waals surface area contributed by atoms with Crippen LogP contribution in [0, 0.1) is 0 Å². The van der Waals surface area contributed by atoms with Gasteiger partial charge in [-0.2, -0.15) is 4.68 Å². The summed E-state index contributed by atoms with van der Waals surface area (Å²) in [6, 6.07) is 9.24. The minimum absolute atomic E-state index is 0.0672. The largest absolute Gasteiger partial charge is 0.361 e. The maximum Gasteiger partial charge on any atom is 0.244 e. The molecule has 1 aromatic carbocycles. The topological polar surface area (TPSA) is 81.1 Å². The van der Waals surface area contributed by atoms with E-state index < -0.39 is 0 Å². The lowest BCUT2D eigenvalue weighted by atomic mass is 10.1. The first-order chi connectivity index (χ1) is 10.9. The van der Waals surface area contributed by atoms with Crippen LogP contribution in [0.2, 0.25) is 0 Å². The van der Waals surface area contributed by atoms with Gasteiger partial charge in [0.25, 0.3) is 0 Å². The molecule has 0 atom stereocenters. The van der Waals surface area contributed by atoms with Gasteiger partial charge in [-0.3, -0.25) is 14.4 Å². The van der Waals surface area contributed by atoms with Gasteiger partial charge < -0.3 is 5.32 Å². The molecule has 0 amide bonds. The Hall–Kier alpha value is -2.41. The molecule has 1 N–H and O–H groups in total. The molecule has 1 aromatic heterocycles. The smallest absolute Gasteiger partial charge is 0.244 e. The fourth-order valence-electron chi connectivity index (χ4n) is 2.05. The van der Waals surface area contributed by atoms with E-state index in [2.05, 4.69) is 10.4 Å². The second kappa shape index (κ2) is 7.23. The zero-order valence-corrected chi connectivity index (χ0v) is 13.9. The van der Waals surface area contributed by atoms with Crippen molar-refractivity contribution < 1.29 is 14.4 Å². The van der Waals surface area contributed by atoms with Crippen molar-refractivity contribution in [3.8, 4) is 11.3 Å². The van der Waals surface area contributed by atoms with E-state index >= 15 is 0 Å². The summed E-state index contributed by atoms with van der Waals surface area (Å²) in [6.07, 6.45) is 0. The van der Waals surface area contributed by atoms with Gasteiger partial charge in [0.05, 0.1) is 17.1 Å². The number of nitrogens with one attached hydrogen (secondary N) is 1. The summed E-state index contributed by atoms with van der Waals surface area (Å²) in [5.74, 6) is 0.0157. The number of carbonyl (C=O) groups is 3. The zero-order valence-electron chi connectivity index (χ0n) is 13.1. The Balaban J connectivity index is 2.62. The Morgan fingerprint density at radius 3 is 2.30 bits per heavy atom. The van der Waals surface area contributed by atoms with E-state index in [1.165, 1.54) is 25.5 Å². The van der Waals surface area contributed by atoms with Gasteiger partial charge in [0.2, 0.25) is 5.91 Å². The van der Waals surface area contributed by atoms with Crippen molar-refractivity contribution in [1.29, 1.82) is 0 Å². The second-order valence-corrected chi connectivity index (χ2v) is 6.16. The number of aromatic nitrogens is 2. The van der Waals surface area contributed by atoms with Crippen molar-refractivity contribution in [3.05, 3.63) is 30.3 Å². The number of hydrogen-bond donors (Lipinski definition) is 1. The molecule has 0 saturated carbocycles. The molecule has 2 rings (SSSR count). The number of thioether (sulfide) groups is 1. The van der Waals surface area contributed by atoms with Crippen molar-refractivity contribution in [2.24, 2.45) is 0 Å². The van der Waals surface area contributed by atoms with Crippen LogP contribution in [-0.2, 0) is 9.59 Å². The lowest BCUT2D eigenvalue weighted by Crippen LogP contribution is -2.12. The van der Waals surface area contributed by atoms with Crippen LogP contribution in [0.15, 0.2) is 35.2 Å². The molecule has 2 aromatic rings. The summed E-state index contributed by atoms with van der Waals surface area (Å²) in [6.45, 7) is 4.37. The normalized spacial score (nSPS) is 10.4. The van der Waals surface area contributed by atoms with Gasteiger partial charge in [-0.1, -0.05) is 30.3 Å². The van der Waals surface area contributed by atoms with Gasteiger partial charge in [0.15, 0.2) is 10.9 Å². The fraction of sp³-hybridized carbons (Fsp3) is 0.250. The molecule has 0 unspecified atom stereocenters. The van der Waals surface area contributed by atoms with Crippen LogP contribution in [0.1, 0.15) is 25.6 Å². The van der Waals surface area contributed by atoms with Crippen LogP contribution in [0.5, 0.6) is 0 Å². The molecule has 23 heavy (non-hydrogen) atoms. The van der Waals surface area contributed by atoms with Crippen molar-refractivity contribution in [1.82, 2.24) is 9.78 Å². The van der Waals surface area contributed by atoms with Gasteiger partial charge in [-0.15, -0.1) is 5.10 Å². The second-order valence-electron chi connectivity index (χ2n) is 4.97. The van der Waals surface area contributed by atoms with Crippen LogP contribution in [-0.4, -0.2) is 33.1 Å². The van der Waals surface area contributed by atoms with E-state index in [0.29, 0.717) is 16.4 Å². The molecule has 7 heteroatoms. The van der Waals surface area contributed by atoms with Gasteiger partial charge >= 0.3 is 0 Å². The zero-order chi connectivity index (χ0) is 17.0. The first-order valence-corrected chi connectivity index (χ1v) is 7.83. The van der Waals surface area contributed by atoms with Crippen molar-refractivity contribution >= 4 is 34.4 Å². The first-order valence-electron chi connectivity index (χ1n) is 7.01. The monoisotopic (exact) mass is 331 g/mol. The number of ketones is 1. The summed E-state index contributed by atoms with van der Waals surface area (Å²) >= 11 is 0.988. The Bertz CT molecular complexity index is 753. The van der Waals surface area contributed by atoms with Gasteiger partial charge in [0.1, 0.15) is 5.78 Å². The number of benzene rings is 1. The van der Waals surface area contributed by atoms with E-state index in [-0.39, 0.29) is 23.4 Å². The predicted octanol–water partition coefficient (Wildman–Crippen LogP) is 2.85. The van der Waals surface area contributed by atoms with Crippen molar-refractivity contribution in [2.75, 3.05) is 11.9 Å². The molecule has 0 aliphatic heterocycles. The number of hydrogen-bond acceptors (Lipinski definition) is 6. The molecule has 0 saturated heterocycles. The first kappa shape index (κ1) is 17.0. The molecule has 1 heterocycles. The van der Waals surface area contributed by atoms with Crippen LogP contribution in [0.25, 0.3) is 11.3 Å². The third-order valence-electron chi connectivity index (χ3n) is 2.94. The van der Waals surface area contributed by atoms with E-state index in [4.69, 9.17) is 0 Å². The summed E-state index contributed by atoms with van der Waals surface area (Å²) in [5.41, 5.74) is 1.32. The maximum atomic E-state index is 11.9. The third-order valence-corrected chi connectivity index (χ3v) is 3.82. The van der Waals surface area contributed by atoms with E-state index in [1.54, 1.807) is 0 Å². The van der Waals surface area contributed by atoms with Crippen LogP contribution < -0.4 is 5.32 Å². The van der Waals surface area contributed by atoms with Crippen LogP contribution in [0.3, 0.4) is 0 Å². The number of Topliss-reactive ketones (excluding diaryl/α,β-unsaturated/α-hetero) is 1. The highest BCUT2D eigenvalue weighted by Crippen LogP contribution is 2.37. The summed E-state index contributed by atoms with van der Waals surface area (Å²) in [4.78, 5) is 35.3. The molecule has 0 fully saturated rings. The molecule has 6 nitrogen and oxygen atoms in total. The van der Waals surface area contributed by atoms with Gasteiger partial charge in [0, 0.05) is 19.4 Å². The van der Waals surface area contributed by atoms with E-state index in [1.807, 2.05) is 30.3 Å². The number of anilines is 1. The Morgan fingerprint density at radius 2 is 1.78 bits per heavy atom. The quantitative estimate of drug-likeness (QED) is 0.849. The lowest BCUT2D eigenvalue weighted by molar-refractivity contribution is -0.115. The standard InChI is InChI=1S/C16H17N3O3S/c1-10(20)9-17-16-15(23-12(3)22)14(19(18-16)11(2)21)13-7-5-4-6-8-13/h4-8H,9H2,1-3H3,(H,17,18). The lowest BCUT2D eigenvalue weighted by Gasteiger charge is -2.06. The van der Waals surface area contributed by atoms with E-state index in [0.717, 1.165) is 17.3 Å². The summed E-state index contributed by atoms with van der Waals surface area (Å²) in [7, 11) is 0. The Kier molecular flexibility index (Phi) is 5.33. The van der Waals surface area contributed by atoms with Crippen LogP contribution >= 0.6 is 11.8 Å². The molecule has 0 bridgehead atoms. The highest BCUT2D eigenvalue weighted by molar-refractivity contribution is 8.13. The molecular weight excluding hydrogens is 314 g/mol. The van der Waals surface area contributed by atoms with Gasteiger partial charge in [-0.05, 0) is 18.7 Å². The fourth-order valence-corrected chi connectivity index (χ4v) is 2.84. The third kappa shape index (κ3) is 4.07. The minimum atomic E-state index is -0.273. The minimum Gasteiger partial charge on any atom is -0.361 e. The summed E-state index contributed by atoms with van der Waals surface area (Å²) < 4.78 is 1.25. The van der Waals surface area contributed by atoms with Crippen molar-refractivity contribution in [3.63, 3.8) is 0 Å². The molecule has 120 valence electrons.